The molecule has 0 bridgehead atoms. The molecule has 1 aromatic heterocycles. The molecule has 1 aliphatic rings. The average Bonchev–Trinajstić information content (AvgIpc) is 3.34. The second-order valence-electron chi connectivity index (χ2n) is 7.34. The third kappa shape index (κ3) is 7.01. The maximum Gasteiger partial charge on any atom is 0.191 e. The summed E-state index contributed by atoms with van der Waals surface area (Å²) in [5, 5.41) is 7.91. The molecule has 2 N–H and O–H groups in total. The molecule has 0 atom stereocenters. The van der Waals surface area contributed by atoms with E-state index in [4.69, 9.17) is 9.47 Å². The van der Waals surface area contributed by atoms with Crippen molar-refractivity contribution >= 4 is 41.3 Å². The number of hydrogen-bond donors (Lipinski definition) is 2. The van der Waals surface area contributed by atoms with Gasteiger partial charge in [0.25, 0.3) is 0 Å². The van der Waals surface area contributed by atoms with Crippen molar-refractivity contribution in [3.63, 3.8) is 0 Å². The zero-order chi connectivity index (χ0) is 20.6. The summed E-state index contributed by atoms with van der Waals surface area (Å²) < 4.78 is 11.7. The summed E-state index contributed by atoms with van der Waals surface area (Å²) in [6.45, 7) is 5.58. The molecule has 8 heteroatoms. The third-order valence-electron chi connectivity index (χ3n) is 5.18. The minimum absolute atomic E-state index is 0. The largest absolute Gasteiger partial charge is 0.497 e. The Labute approximate surface area is 200 Å². The van der Waals surface area contributed by atoms with E-state index in [1.165, 1.54) is 17.7 Å². The molecule has 1 aliphatic carbocycles. The Kier molecular flexibility index (Phi) is 10.2. The molecule has 0 aliphatic heterocycles. The third-order valence-corrected chi connectivity index (χ3v) is 6.32. The van der Waals surface area contributed by atoms with Gasteiger partial charge in [0.1, 0.15) is 11.5 Å². The lowest BCUT2D eigenvalue weighted by molar-refractivity contribution is 0.207. The van der Waals surface area contributed by atoms with Crippen molar-refractivity contribution in [2.75, 3.05) is 20.7 Å². The van der Waals surface area contributed by atoms with E-state index in [1.807, 2.05) is 12.1 Å². The lowest BCUT2D eigenvalue weighted by Gasteiger charge is -2.19. The topological polar surface area (TPSA) is 67.8 Å². The number of aryl methyl sites for hydroxylation is 2. The summed E-state index contributed by atoms with van der Waals surface area (Å²) in [5.74, 6) is 2.50. The molecule has 2 aromatic rings. The second kappa shape index (κ2) is 12.3. The molecule has 30 heavy (non-hydrogen) atoms. The predicted molar refractivity (Wildman–Crippen MR) is 135 cm³/mol. The fourth-order valence-corrected chi connectivity index (χ4v) is 4.54. The van der Waals surface area contributed by atoms with Crippen LogP contribution in [0.1, 0.15) is 46.8 Å². The first-order valence-corrected chi connectivity index (χ1v) is 11.1. The van der Waals surface area contributed by atoms with Crippen molar-refractivity contribution in [1.82, 2.24) is 15.6 Å². The van der Waals surface area contributed by atoms with Gasteiger partial charge in [-0.25, -0.2) is 4.98 Å². The van der Waals surface area contributed by atoms with Crippen LogP contribution in [0.2, 0.25) is 0 Å². The summed E-state index contributed by atoms with van der Waals surface area (Å²) >= 11 is 1.76. The molecule has 1 fully saturated rings. The predicted octanol–water partition coefficient (Wildman–Crippen LogP) is 4.62. The maximum atomic E-state index is 6.28. The van der Waals surface area contributed by atoms with Crippen molar-refractivity contribution in [2.24, 2.45) is 4.99 Å². The molecule has 0 saturated heterocycles. The first-order valence-electron chi connectivity index (χ1n) is 10.3. The van der Waals surface area contributed by atoms with Gasteiger partial charge in [-0.05, 0) is 51.7 Å². The summed E-state index contributed by atoms with van der Waals surface area (Å²) in [7, 11) is 3.48. The van der Waals surface area contributed by atoms with E-state index in [0.717, 1.165) is 59.5 Å². The van der Waals surface area contributed by atoms with E-state index in [9.17, 15) is 0 Å². The molecule has 1 saturated carbocycles. The summed E-state index contributed by atoms with van der Waals surface area (Å²) in [6.07, 6.45) is 6.00. The molecule has 0 amide bonds. The molecule has 166 valence electrons. The molecule has 1 aromatic carbocycles. The number of nitrogens with one attached hydrogen (secondary N) is 2. The van der Waals surface area contributed by atoms with Gasteiger partial charge in [0, 0.05) is 43.1 Å². The van der Waals surface area contributed by atoms with Crippen molar-refractivity contribution in [1.29, 1.82) is 0 Å². The van der Waals surface area contributed by atoms with Gasteiger partial charge in [-0.3, -0.25) is 4.99 Å². The Bertz CT molecular complexity index is 835. The van der Waals surface area contributed by atoms with E-state index in [2.05, 4.69) is 40.5 Å². The van der Waals surface area contributed by atoms with Crippen molar-refractivity contribution in [3.8, 4) is 11.5 Å². The Balaban J connectivity index is 0.00000320. The molecular weight excluding hydrogens is 511 g/mol. The number of hydrogen-bond acceptors (Lipinski definition) is 5. The highest BCUT2D eigenvalue weighted by atomic mass is 127. The van der Waals surface area contributed by atoms with Gasteiger partial charge < -0.3 is 20.1 Å². The van der Waals surface area contributed by atoms with Gasteiger partial charge in [-0.1, -0.05) is 0 Å². The Morgan fingerprint density at radius 2 is 2.00 bits per heavy atom. The number of nitrogens with zero attached hydrogens (tertiary/aromatic N) is 2. The number of methoxy groups -OCH3 is 1. The smallest absolute Gasteiger partial charge is 0.191 e. The van der Waals surface area contributed by atoms with Crippen molar-refractivity contribution < 1.29 is 9.47 Å². The minimum atomic E-state index is 0. The zero-order valence-corrected chi connectivity index (χ0v) is 21.4. The van der Waals surface area contributed by atoms with E-state index in [1.54, 1.807) is 25.5 Å². The fourth-order valence-electron chi connectivity index (χ4n) is 3.60. The molecule has 6 nitrogen and oxygen atoms in total. The van der Waals surface area contributed by atoms with Crippen LogP contribution in [0, 0.1) is 13.8 Å². The normalized spacial score (nSPS) is 14.3. The zero-order valence-electron chi connectivity index (χ0n) is 18.3. The van der Waals surface area contributed by atoms with Crippen LogP contribution < -0.4 is 20.1 Å². The maximum absolute atomic E-state index is 6.28. The quantitative estimate of drug-likeness (QED) is 0.289. The highest BCUT2D eigenvalue weighted by Crippen LogP contribution is 2.30. The number of halogens is 1. The lowest BCUT2D eigenvalue weighted by Crippen LogP contribution is -2.38. The standard InChI is InChI=1S/C22H32N4O2S.HI/c1-15-21(29-16(2)26-15)11-12-24-22(23-3)25-14-17-9-10-19(27-4)13-20(17)28-18-7-5-6-8-18;/h9-10,13,18H,5-8,11-12,14H2,1-4H3,(H2,23,24,25);1H. The minimum Gasteiger partial charge on any atom is -0.497 e. The van der Waals surface area contributed by atoms with Crippen molar-refractivity contribution in [3.05, 3.63) is 39.3 Å². The number of thiazole rings is 1. The van der Waals surface area contributed by atoms with Crippen LogP contribution in [0.15, 0.2) is 23.2 Å². The van der Waals surface area contributed by atoms with Gasteiger partial charge in [0.15, 0.2) is 5.96 Å². The van der Waals surface area contributed by atoms with E-state index in [0.29, 0.717) is 12.6 Å². The van der Waals surface area contributed by atoms with Gasteiger partial charge >= 0.3 is 0 Å². The molecule has 0 radical (unpaired) electrons. The first-order chi connectivity index (χ1) is 14.1. The van der Waals surface area contributed by atoms with E-state index >= 15 is 0 Å². The van der Waals surface area contributed by atoms with Crippen LogP contribution in [0.3, 0.4) is 0 Å². The van der Waals surface area contributed by atoms with Gasteiger partial charge in [-0.2, -0.15) is 0 Å². The number of aromatic nitrogens is 1. The van der Waals surface area contributed by atoms with Crippen LogP contribution >= 0.6 is 35.3 Å². The number of ether oxygens (including phenoxy) is 2. The van der Waals surface area contributed by atoms with Crippen molar-refractivity contribution in [2.45, 2.75) is 58.6 Å². The van der Waals surface area contributed by atoms with E-state index in [-0.39, 0.29) is 24.0 Å². The van der Waals surface area contributed by atoms with Gasteiger partial charge in [-0.15, -0.1) is 35.3 Å². The van der Waals surface area contributed by atoms with Gasteiger partial charge in [0.05, 0.1) is 23.9 Å². The van der Waals surface area contributed by atoms with Crippen LogP contribution in [-0.2, 0) is 13.0 Å². The number of aliphatic imine (C=N–C) groups is 1. The van der Waals surface area contributed by atoms with Crippen LogP contribution in [-0.4, -0.2) is 37.7 Å². The molecule has 0 unspecified atom stereocenters. The summed E-state index contributed by atoms with van der Waals surface area (Å²) in [4.78, 5) is 10.2. The highest BCUT2D eigenvalue weighted by Gasteiger charge is 2.18. The molecule has 3 rings (SSSR count). The SMILES string of the molecule is CN=C(NCCc1sc(C)nc1C)NCc1ccc(OC)cc1OC1CCCC1.I. The molecule has 0 spiro atoms. The number of guanidine groups is 1. The first kappa shape index (κ1) is 24.7. The second-order valence-corrected chi connectivity index (χ2v) is 8.63. The van der Waals surface area contributed by atoms with Crippen LogP contribution in [0.25, 0.3) is 0 Å². The van der Waals surface area contributed by atoms with Crippen LogP contribution in [0.5, 0.6) is 11.5 Å². The average molecular weight is 545 g/mol. The van der Waals surface area contributed by atoms with Crippen LogP contribution in [0.4, 0.5) is 0 Å². The molecule has 1 heterocycles. The number of benzene rings is 1. The Morgan fingerprint density at radius 3 is 2.63 bits per heavy atom. The highest BCUT2D eigenvalue weighted by molar-refractivity contribution is 14.0. The number of rotatable bonds is 8. The lowest BCUT2D eigenvalue weighted by atomic mass is 10.2. The molecular formula is C22H33IN4O2S. The summed E-state index contributed by atoms with van der Waals surface area (Å²) in [5.41, 5.74) is 2.23. The Hall–Kier alpha value is -1.55. The monoisotopic (exact) mass is 544 g/mol. The Morgan fingerprint density at radius 1 is 1.23 bits per heavy atom. The fraction of sp³-hybridized carbons (Fsp3) is 0.545. The summed E-state index contributed by atoms with van der Waals surface area (Å²) in [6, 6.07) is 6.02. The van der Waals surface area contributed by atoms with Gasteiger partial charge in [0.2, 0.25) is 0 Å². The van der Waals surface area contributed by atoms with E-state index < -0.39 is 0 Å².